The zero-order chi connectivity index (χ0) is 26.5. The van der Waals surface area contributed by atoms with Crippen LogP contribution in [0.1, 0.15) is 13.3 Å². The number of fused-ring (bicyclic) bond motifs is 1. The third-order valence-corrected chi connectivity index (χ3v) is 11.0. The fourth-order valence-corrected chi connectivity index (χ4v) is 9.64. The molecular weight excluding hydrogens is 539 g/mol. The van der Waals surface area contributed by atoms with Crippen molar-refractivity contribution in [2.24, 2.45) is 0 Å². The molecule has 2 aromatic carbocycles. The quantitative estimate of drug-likeness (QED) is 0.347. The second-order valence-corrected chi connectivity index (χ2v) is 12.5. The minimum Gasteiger partial charge on any atom is -0.378 e. The Balaban J connectivity index is 2.15. The minimum absolute atomic E-state index is 0.0306. The first kappa shape index (κ1) is 27.9. The molecule has 0 spiro atoms. The second-order valence-electron chi connectivity index (χ2n) is 7.71. The van der Waals surface area contributed by atoms with E-state index in [0.717, 1.165) is 0 Å². The fourth-order valence-electron chi connectivity index (χ4n) is 3.71. The highest BCUT2D eigenvalue weighted by Gasteiger charge is 2.86. The van der Waals surface area contributed by atoms with Crippen molar-refractivity contribution < 1.29 is 56.3 Å². The van der Waals surface area contributed by atoms with Crippen LogP contribution in [-0.4, -0.2) is 55.9 Å². The van der Waals surface area contributed by atoms with Crippen molar-refractivity contribution in [2.75, 3.05) is 18.1 Å². The van der Waals surface area contributed by atoms with Gasteiger partial charge in [0.15, 0.2) is 0 Å². The molecule has 1 fully saturated rings. The van der Waals surface area contributed by atoms with Crippen LogP contribution in [0.2, 0.25) is 0 Å². The van der Waals surface area contributed by atoms with Crippen LogP contribution >= 0.6 is 10.3 Å². The van der Waals surface area contributed by atoms with E-state index >= 15 is 0 Å². The Morgan fingerprint density at radius 1 is 0.914 bits per heavy atom. The third kappa shape index (κ3) is 4.48. The van der Waals surface area contributed by atoms with Crippen LogP contribution in [0.3, 0.4) is 0 Å². The van der Waals surface area contributed by atoms with Gasteiger partial charge in [-0.15, -0.1) is 0 Å². The van der Waals surface area contributed by atoms with Gasteiger partial charge < -0.3 is 4.74 Å². The standard InChI is InChI=1S/C20H19F9O4S2/c1-2-32-14-10-11-34(12-14,16-9-5-7-13-6-3-4-8-15(13)16)33-35(30,31)20(28,29)18(23,24)17(21,22)19(25,26)27/h3-9,14H,2,10-12H2,1H3. The van der Waals surface area contributed by atoms with Crippen LogP contribution in [0.5, 0.6) is 0 Å². The Morgan fingerprint density at radius 3 is 2.11 bits per heavy atom. The van der Waals surface area contributed by atoms with Gasteiger partial charge in [0.25, 0.3) is 0 Å². The fraction of sp³-hybridized carbons (Fsp3) is 0.500. The van der Waals surface area contributed by atoms with Gasteiger partial charge in [-0.1, -0.05) is 46.7 Å². The molecule has 0 bridgehead atoms. The molecule has 2 aromatic rings. The first-order valence-corrected chi connectivity index (χ1v) is 13.3. The monoisotopic (exact) mass is 558 g/mol. The molecule has 1 aliphatic heterocycles. The number of halogens is 9. The lowest BCUT2D eigenvalue weighted by atomic mass is 10.1. The zero-order valence-electron chi connectivity index (χ0n) is 17.8. The maximum atomic E-state index is 14.4. The largest absolute Gasteiger partial charge is 0.460 e. The Hall–Kier alpha value is -1.71. The van der Waals surface area contributed by atoms with Crippen LogP contribution in [0.4, 0.5) is 39.5 Å². The lowest BCUT2D eigenvalue weighted by Gasteiger charge is -2.39. The van der Waals surface area contributed by atoms with Gasteiger partial charge in [-0.05, 0) is 30.2 Å². The van der Waals surface area contributed by atoms with E-state index in [-0.39, 0.29) is 29.4 Å². The summed E-state index contributed by atoms with van der Waals surface area (Å²) in [5, 5.41) is -6.11. The molecule has 198 valence electrons. The molecule has 2 atom stereocenters. The van der Waals surface area contributed by atoms with Crippen molar-refractivity contribution in [3.8, 4) is 0 Å². The first-order chi connectivity index (χ1) is 15.9. The summed E-state index contributed by atoms with van der Waals surface area (Å²) in [6.45, 7) is 1.70. The molecule has 15 heteroatoms. The van der Waals surface area contributed by atoms with Crippen molar-refractivity contribution >= 4 is 31.2 Å². The molecule has 4 nitrogen and oxygen atoms in total. The first-order valence-electron chi connectivity index (χ1n) is 9.97. The van der Waals surface area contributed by atoms with Gasteiger partial charge in [0.2, 0.25) is 0 Å². The van der Waals surface area contributed by atoms with Gasteiger partial charge in [-0.3, -0.25) is 0 Å². The number of alkyl halides is 9. The number of rotatable bonds is 8. The molecule has 35 heavy (non-hydrogen) atoms. The average molecular weight is 558 g/mol. The predicted octanol–water partition coefficient (Wildman–Crippen LogP) is 6.50. The molecule has 0 radical (unpaired) electrons. The van der Waals surface area contributed by atoms with E-state index in [1.165, 1.54) is 24.3 Å². The Labute approximate surface area is 196 Å². The van der Waals surface area contributed by atoms with E-state index in [0.29, 0.717) is 10.8 Å². The highest BCUT2D eigenvalue weighted by atomic mass is 32.3. The number of hydrogen-bond acceptors (Lipinski definition) is 4. The van der Waals surface area contributed by atoms with Gasteiger partial charge >= 0.3 is 33.4 Å². The Morgan fingerprint density at radius 2 is 1.51 bits per heavy atom. The summed E-state index contributed by atoms with van der Waals surface area (Å²) in [5.41, 5.74) is 0. The average Bonchev–Trinajstić information content (AvgIpc) is 3.15. The maximum absolute atomic E-state index is 14.4. The van der Waals surface area contributed by atoms with E-state index in [1.54, 1.807) is 25.1 Å². The molecule has 3 rings (SSSR count). The normalized spacial score (nSPS) is 24.5. The number of ether oxygens (including phenoxy) is 1. The zero-order valence-corrected chi connectivity index (χ0v) is 19.4. The summed E-state index contributed by atoms with van der Waals surface area (Å²) in [5.74, 6) is -15.4. The van der Waals surface area contributed by atoms with Crippen LogP contribution < -0.4 is 0 Å². The number of benzene rings is 2. The van der Waals surface area contributed by atoms with Crippen molar-refractivity contribution in [1.82, 2.24) is 0 Å². The molecule has 0 N–H and O–H groups in total. The van der Waals surface area contributed by atoms with E-state index in [4.69, 9.17) is 4.74 Å². The highest BCUT2D eigenvalue weighted by molar-refractivity contribution is 8.33. The summed E-state index contributed by atoms with van der Waals surface area (Å²) in [7, 11) is -10.5. The molecule has 0 aliphatic carbocycles. The lowest BCUT2D eigenvalue weighted by Crippen LogP contribution is -2.63. The van der Waals surface area contributed by atoms with Crippen molar-refractivity contribution in [2.45, 2.75) is 47.6 Å². The van der Waals surface area contributed by atoms with Crippen molar-refractivity contribution in [3.63, 3.8) is 0 Å². The molecule has 0 aromatic heterocycles. The molecular formula is C20H19F9O4S2. The maximum Gasteiger partial charge on any atom is 0.460 e. The van der Waals surface area contributed by atoms with Gasteiger partial charge in [-0.25, -0.2) is 3.63 Å². The van der Waals surface area contributed by atoms with E-state index < -0.39 is 49.8 Å². The van der Waals surface area contributed by atoms with E-state index in [1.807, 2.05) is 0 Å². The van der Waals surface area contributed by atoms with E-state index in [2.05, 4.69) is 3.63 Å². The van der Waals surface area contributed by atoms with Gasteiger partial charge in [0.05, 0.1) is 6.10 Å². The van der Waals surface area contributed by atoms with Gasteiger partial charge in [0, 0.05) is 23.0 Å². The molecule has 0 amide bonds. The molecule has 1 heterocycles. The summed E-state index contributed by atoms with van der Waals surface area (Å²) in [6.07, 6.45) is -7.87. The van der Waals surface area contributed by atoms with Crippen molar-refractivity contribution in [1.29, 1.82) is 0 Å². The second kappa shape index (κ2) is 8.99. The Bertz CT molecular complexity index is 1180. The molecule has 1 saturated heterocycles. The van der Waals surface area contributed by atoms with Crippen molar-refractivity contribution in [3.05, 3.63) is 42.5 Å². The van der Waals surface area contributed by atoms with Crippen LogP contribution in [-0.2, 0) is 18.5 Å². The predicted molar refractivity (Wildman–Crippen MR) is 110 cm³/mol. The van der Waals surface area contributed by atoms with Crippen LogP contribution in [0.15, 0.2) is 47.4 Å². The lowest BCUT2D eigenvalue weighted by molar-refractivity contribution is -0.382. The molecule has 0 saturated carbocycles. The summed E-state index contributed by atoms with van der Waals surface area (Å²) >= 11 is 0. The van der Waals surface area contributed by atoms with Crippen LogP contribution in [0.25, 0.3) is 10.8 Å². The topological polar surface area (TPSA) is 52.6 Å². The van der Waals surface area contributed by atoms with Crippen LogP contribution in [0, 0.1) is 0 Å². The number of hydrogen-bond donors (Lipinski definition) is 0. The molecule has 1 aliphatic rings. The minimum atomic E-state index is -7.37. The van der Waals surface area contributed by atoms with E-state index in [9.17, 15) is 47.9 Å². The highest BCUT2D eigenvalue weighted by Crippen LogP contribution is 2.66. The molecule has 2 unspecified atom stereocenters. The van der Waals surface area contributed by atoms with Gasteiger partial charge in [0.1, 0.15) is 0 Å². The summed E-state index contributed by atoms with van der Waals surface area (Å²) < 4.78 is 156. The SMILES string of the molecule is CCOC1CCS(OS(=O)(=O)C(F)(F)C(F)(F)C(F)(F)C(F)(F)F)(c2cccc3ccccc23)C1. The summed E-state index contributed by atoms with van der Waals surface area (Å²) in [6, 6.07) is 10.5. The summed E-state index contributed by atoms with van der Waals surface area (Å²) in [4.78, 5) is 0.0306. The third-order valence-electron chi connectivity index (χ3n) is 5.43. The van der Waals surface area contributed by atoms with Gasteiger partial charge in [-0.2, -0.15) is 47.9 Å². The Kier molecular flexibility index (Phi) is 7.16. The smallest absolute Gasteiger partial charge is 0.378 e.